The summed E-state index contributed by atoms with van der Waals surface area (Å²) in [6.45, 7) is 0. The molecule has 0 saturated carbocycles. The quantitative estimate of drug-likeness (QED) is 0.252. The lowest BCUT2D eigenvalue weighted by molar-refractivity contribution is 0.671. The minimum atomic E-state index is 0.920. The average Bonchev–Trinajstić information content (AvgIpc) is 3.49. The fourth-order valence-corrected chi connectivity index (χ4v) is 5.77. The van der Waals surface area contributed by atoms with Crippen LogP contribution in [0.5, 0.6) is 0 Å². The topological polar surface area (TPSA) is 18.1 Å². The molecule has 2 heteroatoms. The zero-order valence-electron chi connectivity index (χ0n) is 19.5. The molecule has 36 heavy (non-hydrogen) atoms. The second kappa shape index (κ2) is 7.34. The van der Waals surface area contributed by atoms with Crippen LogP contribution in [-0.4, -0.2) is 4.57 Å². The lowest BCUT2D eigenvalue weighted by atomic mass is 9.98. The maximum Gasteiger partial charge on any atom is 0.160 e. The van der Waals surface area contributed by atoms with Gasteiger partial charge < -0.3 is 8.98 Å². The fraction of sp³-hybridized carbons (Fsp3) is 0. The normalized spacial score (nSPS) is 11.9. The van der Waals surface area contributed by atoms with Crippen molar-refractivity contribution in [3.63, 3.8) is 0 Å². The van der Waals surface area contributed by atoms with Crippen LogP contribution in [0.25, 0.3) is 71.3 Å². The lowest BCUT2D eigenvalue weighted by Crippen LogP contribution is -1.94. The van der Waals surface area contributed by atoms with Gasteiger partial charge in [0.1, 0.15) is 5.58 Å². The van der Waals surface area contributed by atoms with Crippen molar-refractivity contribution >= 4 is 54.5 Å². The molecule has 0 amide bonds. The lowest BCUT2D eigenvalue weighted by Gasteiger charge is -2.11. The summed E-state index contributed by atoms with van der Waals surface area (Å²) in [4.78, 5) is 0. The Morgan fingerprint density at radius 3 is 2.06 bits per heavy atom. The van der Waals surface area contributed by atoms with Crippen molar-refractivity contribution in [3.8, 4) is 16.8 Å². The Morgan fingerprint density at radius 2 is 1.17 bits per heavy atom. The molecule has 0 aliphatic carbocycles. The summed E-state index contributed by atoms with van der Waals surface area (Å²) in [5.41, 5.74) is 7.73. The predicted molar refractivity (Wildman–Crippen MR) is 151 cm³/mol. The number of rotatable bonds is 2. The number of fused-ring (bicyclic) bond motifs is 8. The molecule has 168 valence electrons. The summed E-state index contributed by atoms with van der Waals surface area (Å²) >= 11 is 0. The maximum atomic E-state index is 6.48. The number of benzene rings is 6. The van der Waals surface area contributed by atoms with E-state index in [9.17, 15) is 0 Å². The SMILES string of the molecule is c1ccc2c(-c3ccc(-n4c5ccccc5c5ccc6c7ccccc7oc6c54)cc3)cccc2c1. The molecule has 0 unspecified atom stereocenters. The molecule has 0 N–H and O–H groups in total. The Balaban J connectivity index is 1.41. The molecule has 0 fully saturated rings. The average molecular weight is 460 g/mol. The number of nitrogens with zero attached hydrogens (tertiary/aromatic N) is 1. The van der Waals surface area contributed by atoms with E-state index in [4.69, 9.17) is 4.42 Å². The van der Waals surface area contributed by atoms with Crippen LogP contribution >= 0.6 is 0 Å². The van der Waals surface area contributed by atoms with E-state index in [0.29, 0.717) is 0 Å². The highest BCUT2D eigenvalue weighted by atomic mass is 16.3. The van der Waals surface area contributed by atoms with E-state index in [0.717, 1.165) is 33.1 Å². The summed E-state index contributed by atoms with van der Waals surface area (Å²) in [5.74, 6) is 0. The van der Waals surface area contributed by atoms with Gasteiger partial charge in [-0.15, -0.1) is 0 Å². The molecule has 0 aliphatic rings. The largest absolute Gasteiger partial charge is 0.454 e. The minimum absolute atomic E-state index is 0.920. The van der Waals surface area contributed by atoms with Gasteiger partial charge in [0.15, 0.2) is 5.58 Å². The van der Waals surface area contributed by atoms with Gasteiger partial charge in [0.05, 0.1) is 11.0 Å². The molecular formula is C34H21NO. The van der Waals surface area contributed by atoms with E-state index >= 15 is 0 Å². The highest BCUT2D eigenvalue weighted by molar-refractivity contribution is 6.21. The van der Waals surface area contributed by atoms with Crippen molar-refractivity contribution in [3.05, 3.63) is 127 Å². The van der Waals surface area contributed by atoms with Crippen LogP contribution in [-0.2, 0) is 0 Å². The van der Waals surface area contributed by atoms with Crippen molar-refractivity contribution in [2.24, 2.45) is 0 Å². The summed E-state index contributed by atoms with van der Waals surface area (Å²) in [6, 6.07) is 45.3. The Bertz CT molecular complexity index is 2090. The first-order chi connectivity index (χ1) is 17.9. The number of hydrogen-bond donors (Lipinski definition) is 0. The van der Waals surface area contributed by atoms with Gasteiger partial charge in [-0.3, -0.25) is 0 Å². The van der Waals surface area contributed by atoms with Crippen molar-refractivity contribution in [2.75, 3.05) is 0 Å². The van der Waals surface area contributed by atoms with Crippen LogP contribution < -0.4 is 0 Å². The van der Waals surface area contributed by atoms with Gasteiger partial charge in [0.25, 0.3) is 0 Å². The van der Waals surface area contributed by atoms with Gasteiger partial charge in [0.2, 0.25) is 0 Å². The smallest absolute Gasteiger partial charge is 0.160 e. The van der Waals surface area contributed by atoms with Crippen LogP contribution in [0.15, 0.2) is 132 Å². The van der Waals surface area contributed by atoms with Crippen LogP contribution in [0.2, 0.25) is 0 Å². The molecule has 0 aliphatic heterocycles. The van der Waals surface area contributed by atoms with E-state index < -0.39 is 0 Å². The molecule has 0 saturated heterocycles. The summed E-state index contributed by atoms with van der Waals surface area (Å²) < 4.78 is 8.83. The van der Waals surface area contributed by atoms with Crippen molar-refractivity contribution in [1.82, 2.24) is 4.57 Å². The van der Waals surface area contributed by atoms with Gasteiger partial charge in [0, 0.05) is 27.2 Å². The van der Waals surface area contributed by atoms with Crippen LogP contribution in [0, 0.1) is 0 Å². The first kappa shape index (κ1) is 19.5. The van der Waals surface area contributed by atoms with E-state index in [1.165, 1.54) is 38.2 Å². The van der Waals surface area contributed by atoms with Gasteiger partial charge in [-0.1, -0.05) is 97.1 Å². The zero-order chi connectivity index (χ0) is 23.6. The van der Waals surface area contributed by atoms with Crippen LogP contribution in [0.3, 0.4) is 0 Å². The molecule has 8 aromatic rings. The highest BCUT2D eigenvalue weighted by Crippen LogP contribution is 2.40. The standard InChI is InChI=1S/C34H21NO/c1-2-10-25-22(8-1)9-7-13-26(25)23-16-18-24(19-17-23)35-31-14-5-3-11-27(31)29-20-21-30-28-12-4-6-15-32(28)36-34(30)33(29)35/h1-21H. The molecule has 8 rings (SSSR count). The second-order valence-electron chi connectivity index (χ2n) is 9.36. The first-order valence-corrected chi connectivity index (χ1v) is 12.3. The number of aromatic nitrogens is 1. The van der Waals surface area contributed by atoms with Gasteiger partial charge in [-0.05, 0) is 52.2 Å². The first-order valence-electron chi connectivity index (χ1n) is 12.3. The van der Waals surface area contributed by atoms with Crippen LogP contribution in [0.1, 0.15) is 0 Å². The van der Waals surface area contributed by atoms with Gasteiger partial charge in [-0.2, -0.15) is 0 Å². The number of para-hydroxylation sites is 2. The van der Waals surface area contributed by atoms with Gasteiger partial charge >= 0.3 is 0 Å². The Kier molecular flexibility index (Phi) is 3.97. The molecular weight excluding hydrogens is 438 g/mol. The molecule has 2 heterocycles. The predicted octanol–water partition coefficient (Wildman–Crippen LogP) is 9.50. The van der Waals surface area contributed by atoms with Crippen LogP contribution in [0.4, 0.5) is 0 Å². The molecule has 0 radical (unpaired) electrons. The summed E-state index contributed by atoms with van der Waals surface area (Å²) in [5, 5.41) is 7.26. The van der Waals surface area contributed by atoms with E-state index in [2.05, 4.69) is 120 Å². The van der Waals surface area contributed by atoms with E-state index in [1.54, 1.807) is 0 Å². The van der Waals surface area contributed by atoms with Crippen molar-refractivity contribution < 1.29 is 4.42 Å². The Morgan fingerprint density at radius 1 is 0.472 bits per heavy atom. The number of furan rings is 1. The zero-order valence-corrected chi connectivity index (χ0v) is 19.5. The molecule has 0 atom stereocenters. The molecule has 0 bridgehead atoms. The third-order valence-corrected chi connectivity index (χ3v) is 7.41. The maximum absolute atomic E-state index is 6.48. The molecule has 2 nitrogen and oxygen atoms in total. The second-order valence-corrected chi connectivity index (χ2v) is 9.36. The molecule has 2 aromatic heterocycles. The van der Waals surface area contributed by atoms with Crippen molar-refractivity contribution in [2.45, 2.75) is 0 Å². The fourth-order valence-electron chi connectivity index (χ4n) is 5.77. The molecule has 6 aromatic carbocycles. The van der Waals surface area contributed by atoms with E-state index in [1.807, 2.05) is 12.1 Å². The third kappa shape index (κ3) is 2.67. The number of hydrogen-bond acceptors (Lipinski definition) is 1. The monoisotopic (exact) mass is 459 g/mol. The van der Waals surface area contributed by atoms with E-state index in [-0.39, 0.29) is 0 Å². The molecule has 0 spiro atoms. The van der Waals surface area contributed by atoms with Crippen molar-refractivity contribution in [1.29, 1.82) is 0 Å². The highest BCUT2D eigenvalue weighted by Gasteiger charge is 2.18. The Hall–Kier alpha value is -4.82. The summed E-state index contributed by atoms with van der Waals surface area (Å²) in [7, 11) is 0. The minimum Gasteiger partial charge on any atom is -0.454 e. The third-order valence-electron chi connectivity index (χ3n) is 7.41. The Labute approximate surface area is 207 Å². The van der Waals surface area contributed by atoms with Gasteiger partial charge in [-0.25, -0.2) is 0 Å². The summed E-state index contributed by atoms with van der Waals surface area (Å²) in [6.07, 6.45) is 0.